The van der Waals surface area contributed by atoms with Gasteiger partial charge in [0.05, 0.1) is 20.5 Å². The molecule has 0 spiro atoms. The molecule has 1 aromatic rings. The van der Waals surface area contributed by atoms with Crippen molar-refractivity contribution in [2.45, 2.75) is 0 Å². The van der Waals surface area contributed by atoms with Gasteiger partial charge in [0.15, 0.2) is 0 Å². The van der Waals surface area contributed by atoms with Crippen LogP contribution < -0.4 is 0 Å². The number of hydrogen-bond donors (Lipinski definition) is 0. The molecule has 0 aliphatic carbocycles. The van der Waals surface area contributed by atoms with Gasteiger partial charge in [0.2, 0.25) is 0 Å². The molecule has 4 heteroatoms. The van der Waals surface area contributed by atoms with Gasteiger partial charge in [-0.15, -0.1) is 0 Å². The van der Waals surface area contributed by atoms with E-state index in [1.807, 2.05) is 0 Å². The number of rotatable bonds is 3. The molecule has 0 bridgehead atoms. The number of carbonyl (C=O) groups excluding carboxylic acids is 1. The van der Waals surface area contributed by atoms with Crippen LogP contribution in [0, 0.1) is 5.82 Å². The zero-order valence-corrected chi connectivity index (χ0v) is 8.49. The second kappa shape index (κ2) is 5.14. The van der Waals surface area contributed by atoms with E-state index in [1.165, 1.54) is 44.7 Å². The summed E-state index contributed by atoms with van der Waals surface area (Å²) in [4.78, 5) is 11.3. The molecular formula is C11H11FO3. The Balaban J connectivity index is 3.05. The molecule has 0 aliphatic heterocycles. The molecule has 0 aromatic heterocycles. The largest absolute Gasteiger partial charge is 0.503 e. The van der Waals surface area contributed by atoms with Gasteiger partial charge in [-0.2, -0.15) is 0 Å². The van der Waals surface area contributed by atoms with Crippen LogP contribution in [-0.4, -0.2) is 20.2 Å². The van der Waals surface area contributed by atoms with E-state index in [0.717, 1.165) is 0 Å². The predicted molar refractivity (Wildman–Crippen MR) is 53.4 cm³/mol. The highest BCUT2D eigenvalue weighted by Crippen LogP contribution is 2.16. The number of carbonyl (C=O) groups is 1. The Morgan fingerprint density at radius 1 is 1.27 bits per heavy atom. The fourth-order valence-corrected chi connectivity index (χ4v) is 1.09. The van der Waals surface area contributed by atoms with Crippen LogP contribution >= 0.6 is 0 Å². The molecule has 3 nitrogen and oxygen atoms in total. The Morgan fingerprint density at radius 3 is 2.33 bits per heavy atom. The van der Waals surface area contributed by atoms with Gasteiger partial charge in [-0.1, -0.05) is 12.1 Å². The molecule has 0 atom stereocenters. The fraction of sp³-hybridized carbons (Fsp3) is 0.182. The average molecular weight is 210 g/mol. The van der Waals surface area contributed by atoms with Gasteiger partial charge in [0.25, 0.3) is 0 Å². The molecule has 0 saturated carbocycles. The van der Waals surface area contributed by atoms with Crippen molar-refractivity contribution < 1.29 is 18.7 Å². The molecule has 0 saturated heterocycles. The molecule has 1 rings (SSSR count). The number of ether oxygens (including phenoxy) is 2. The third-order valence-corrected chi connectivity index (χ3v) is 1.80. The SMILES string of the molecule is COC=C(C(=O)OC)c1ccc(F)cc1. The van der Waals surface area contributed by atoms with Crippen molar-refractivity contribution in [1.82, 2.24) is 0 Å². The van der Waals surface area contributed by atoms with Crippen LogP contribution in [0.25, 0.3) is 5.57 Å². The van der Waals surface area contributed by atoms with Crippen LogP contribution in [0.5, 0.6) is 0 Å². The van der Waals surface area contributed by atoms with E-state index >= 15 is 0 Å². The van der Waals surface area contributed by atoms with Gasteiger partial charge in [0.1, 0.15) is 11.4 Å². The molecule has 0 amide bonds. The van der Waals surface area contributed by atoms with Crippen molar-refractivity contribution in [2.24, 2.45) is 0 Å². The van der Waals surface area contributed by atoms with Gasteiger partial charge in [-0.3, -0.25) is 0 Å². The topological polar surface area (TPSA) is 35.5 Å². The van der Waals surface area contributed by atoms with Crippen molar-refractivity contribution in [1.29, 1.82) is 0 Å². The van der Waals surface area contributed by atoms with Crippen LogP contribution in [0.4, 0.5) is 4.39 Å². The number of benzene rings is 1. The third kappa shape index (κ3) is 2.80. The van der Waals surface area contributed by atoms with Crippen molar-refractivity contribution >= 4 is 11.5 Å². The van der Waals surface area contributed by atoms with Crippen LogP contribution in [0.2, 0.25) is 0 Å². The van der Waals surface area contributed by atoms with Crippen LogP contribution in [0.15, 0.2) is 30.5 Å². The van der Waals surface area contributed by atoms with Gasteiger partial charge in [-0.25, -0.2) is 9.18 Å². The van der Waals surface area contributed by atoms with Gasteiger partial charge < -0.3 is 9.47 Å². The second-order valence-corrected chi connectivity index (χ2v) is 2.77. The van der Waals surface area contributed by atoms with E-state index in [2.05, 4.69) is 4.74 Å². The summed E-state index contributed by atoms with van der Waals surface area (Å²) in [5.74, 6) is -0.885. The summed E-state index contributed by atoms with van der Waals surface area (Å²) < 4.78 is 22.0. The maximum absolute atomic E-state index is 12.7. The molecule has 1 aromatic carbocycles. The zero-order valence-electron chi connectivity index (χ0n) is 8.49. The molecule has 0 aliphatic rings. The van der Waals surface area contributed by atoms with E-state index < -0.39 is 5.97 Å². The lowest BCUT2D eigenvalue weighted by molar-refractivity contribution is -0.133. The molecule has 0 fully saturated rings. The van der Waals surface area contributed by atoms with Crippen molar-refractivity contribution in [3.05, 3.63) is 41.9 Å². The minimum Gasteiger partial charge on any atom is -0.503 e. The standard InChI is InChI=1S/C11H11FO3/c1-14-7-10(11(13)15-2)8-3-5-9(12)6-4-8/h3-7H,1-2H3. The van der Waals surface area contributed by atoms with E-state index in [1.54, 1.807) is 0 Å². The maximum atomic E-state index is 12.7. The minimum atomic E-state index is -0.525. The quantitative estimate of drug-likeness (QED) is 0.434. The molecule has 80 valence electrons. The number of methoxy groups -OCH3 is 2. The minimum absolute atomic E-state index is 0.250. The Morgan fingerprint density at radius 2 is 1.87 bits per heavy atom. The molecule has 0 heterocycles. The number of esters is 1. The normalized spacial score (nSPS) is 11.0. The lowest BCUT2D eigenvalue weighted by atomic mass is 10.1. The lowest BCUT2D eigenvalue weighted by Crippen LogP contribution is -2.04. The monoisotopic (exact) mass is 210 g/mol. The maximum Gasteiger partial charge on any atom is 0.341 e. The lowest BCUT2D eigenvalue weighted by Gasteiger charge is -2.04. The van der Waals surface area contributed by atoms with Crippen molar-refractivity contribution in [3.63, 3.8) is 0 Å². The van der Waals surface area contributed by atoms with E-state index in [0.29, 0.717) is 5.56 Å². The first-order valence-corrected chi connectivity index (χ1v) is 4.26. The van der Waals surface area contributed by atoms with Crippen molar-refractivity contribution in [3.8, 4) is 0 Å². The Kier molecular flexibility index (Phi) is 3.85. The summed E-state index contributed by atoms with van der Waals surface area (Å²) in [6.45, 7) is 0. The van der Waals surface area contributed by atoms with Crippen LogP contribution in [-0.2, 0) is 14.3 Å². The van der Waals surface area contributed by atoms with E-state index in [-0.39, 0.29) is 11.4 Å². The first-order chi connectivity index (χ1) is 7.19. The zero-order chi connectivity index (χ0) is 11.3. The van der Waals surface area contributed by atoms with Crippen LogP contribution in [0.1, 0.15) is 5.56 Å². The first kappa shape index (κ1) is 11.2. The summed E-state index contributed by atoms with van der Waals surface area (Å²) in [5, 5.41) is 0. The van der Waals surface area contributed by atoms with Gasteiger partial charge >= 0.3 is 5.97 Å². The first-order valence-electron chi connectivity index (χ1n) is 4.26. The summed E-state index contributed by atoms with van der Waals surface area (Å²) in [5.41, 5.74) is 0.796. The number of hydrogen-bond acceptors (Lipinski definition) is 3. The van der Waals surface area contributed by atoms with E-state index in [9.17, 15) is 9.18 Å². The summed E-state index contributed by atoms with van der Waals surface area (Å²) in [7, 11) is 2.70. The second-order valence-electron chi connectivity index (χ2n) is 2.77. The Hall–Kier alpha value is -1.84. The third-order valence-electron chi connectivity index (χ3n) is 1.80. The smallest absolute Gasteiger partial charge is 0.341 e. The molecule has 0 unspecified atom stereocenters. The van der Waals surface area contributed by atoms with Crippen molar-refractivity contribution in [2.75, 3.05) is 14.2 Å². The summed E-state index contributed by atoms with van der Waals surface area (Å²) in [6, 6.07) is 5.50. The Bertz CT molecular complexity index is 368. The van der Waals surface area contributed by atoms with Gasteiger partial charge in [-0.05, 0) is 17.7 Å². The Labute approximate surface area is 87.1 Å². The van der Waals surface area contributed by atoms with Gasteiger partial charge in [0, 0.05) is 0 Å². The average Bonchev–Trinajstić information content (AvgIpc) is 2.26. The molecule has 0 radical (unpaired) electrons. The molecule has 15 heavy (non-hydrogen) atoms. The number of halogens is 1. The highest BCUT2D eigenvalue weighted by Gasteiger charge is 2.12. The van der Waals surface area contributed by atoms with Crippen LogP contribution in [0.3, 0.4) is 0 Å². The summed E-state index contributed by atoms with van der Waals surface area (Å²) >= 11 is 0. The molecular weight excluding hydrogens is 199 g/mol. The molecule has 0 N–H and O–H groups in total. The fourth-order valence-electron chi connectivity index (χ4n) is 1.09. The highest BCUT2D eigenvalue weighted by atomic mass is 19.1. The highest BCUT2D eigenvalue weighted by molar-refractivity contribution is 6.16. The van der Waals surface area contributed by atoms with E-state index in [4.69, 9.17) is 4.74 Å². The predicted octanol–water partition coefficient (Wildman–Crippen LogP) is 1.99. The summed E-state index contributed by atoms with van der Waals surface area (Å²) in [6.07, 6.45) is 1.26.